The van der Waals surface area contributed by atoms with E-state index in [1.54, 1.807) is 12.1 Å². The van der Waals surface area contributed by atoms with Crippen LogP contribution in [-0.4, -0.2) is 10.1 Å². The molecule has 2 rings (SSSR count). The molecular formula is C12H12N2OS. The van der Waals surface area contributed by atoms with Crippen LogP contribution in [0.15, 0.2) is 30.8 Å². The monoisotopic (exact) mass is 232 g/mol. The molecule has 0 unspecified atom stereocenters. The first-order valence-electron chi connectivity index (χ1n) is 4.80. The number of thiazole rings is 1. The summed E-state index contributed by atoms with van der Waals surface area (Å²) in [7, 11) is 0. The van der Waals surface area contributed by atoms with Crippen molar-refractivity contribution < 1.29 is 5.11 Å². The number of rotatable bonds is 2. The molecule has 0 amide bonds. The third kappa shape index (κ3) is 1.79. The topological polar surface area (TPSA) is 59.1 Å². The lowest BCUT2D eigenvalue weighted by Crippen LogP contribution is -1.95. The largest absolute Gasteiger partial charge is 0.507 e. The van der Waals surface area contributed by atoms with Gasteiger partial charge >= 0.3 is 0 Å². The van der Waals surface area contributed by atoms with Gasteiger partial charge in [0.2, 0.25) is 0 Å². The number of hydrogen-bond acceptors (Lipinski definition) is 4. The summed E-state index contributed by atoms with van der Waals surface area (Å²) in [5.74, 6) is 0.227. The zero-order valence-corrected chi connectivity index (χ0v) is 9.71. The fourth-order valence-corrected chi connectivity index (χ4v) is 2.45. The Balaban J connectivity index is 2.54. The van der Waals surface area contributed by atoms with Gasteiger partial charge in [0.25, 0.3) is 0 Å². The van der Waals surface area contributed by atoms with Crippen LogP contribution in [0.3, 0.4) is 0 Å². The molecule has 0 atom stereocenters. The predicted molar refractivity (Wildman–Crippen MR) is 67.2 cm³/mol. The number of nitrogens with two attached hydrogens (primary N) is 1. The Morgan fingerprint density at radius 1 is 1.44 bits per heavy atom. The van der Waals surface area contributed by atoms with E-state index in [4.69, 9.17) is 5.73 Å². The van der Waals surface area contributed by atoms with Crippen LogP contribution in [0.1, 0.15) is 10.6 Å². The van der Waals surface area contributed by atoms with Crippen LogP contribution in [-0.2, 0) is 0 Å². The molecule has 0 aliphatic heterocycles. The summed E-state index contributed by atoms with van der Waals surface area (Å²) in [5.41, 5.74) is 7.52. The van der Waals surface area contributed by atoms with Crippen LogP contribution in [0.25, 0.3) is 16.3 Å². The number of phenols is 1. The summed E-state index contributed by atoms with van der Waals surface area (Å²) in [4.78, 5) is 5.38. The molecule has 4 heteroatoms. The first-order chi connectivity index (χ1) is 7.59. The second kappa shape index (κ2) is 3.98. The molecular weight excluding hydrogens is 220 g/mol. The van der Waals surface area contributed by atoms with Crippen LogP contribution >= 0.6 is 11.3 Å². The second-order valence-corrected chi connectivity index (χ2v) is 4.67. The summed E-state index contributed by atoms with van der Waals surface area (Å²) in [6.45, 7) is 5.61. The molecule has 16 heavy (non-hydrogen) atoms. The molecule has 82 valence electrons. The molecule has 1 heterocycles. The van der Waals surface area contributed by atoms with Crippen LogP contribution in [0, 0.1) is 6.92 Å². The van der Waals surface area contributed by atoms with E-state index < -0.39 is 0 Å². The number of hydrogen-bond donors (Lipinski definition) is 2. The van der Waals surface area contributed by atoms with Crippen molar-refractivity contribution >= 4 is 17.0 Å². The minimum atomic E-state index is 0.227. The molecule has 1 aromatic carbocycles. The Hall–Kier alpha value is -1.81. The number of aromatic hydroxyl groups is 1. The van der Waals surface area contributed by atoms with Gasteiger partial charge in [-0.3, -0.25) is 0 Å². The Labute approximate surface area is 97.9 Å². The summed E-state index contributed by atoms with van der Waals surface area (Å²) >= 11 is 1.50. The van der Waals surface area contributed by atoms with E-state index >= 15 is 0 Å². The van der Waals surface area contributed by atoms with Gasteiger partial charge in [-0.25, -0.2) is 4.98 Å². The van der Waals surface area contributed by atoms with Crippen molar-refractivity contribution in [3.63, 3.8) is 0 Å². The SMILES string of the molecule is C=C(N)c1nc(-c2ccccc2O)sc1C. The minimum Gasteiger partial charge on any atom is -0.507 e. The van der Waals surface area contributed by atoms with Gasteiger partial charge in [-0.2, -0.15) is 0 Å². The average Bonchev–Trinajstić information content (AvgIpc) is 2.61. The fraction of sp³-hybridized carbons (Fsp3) is 0.0833. The normalized spacial score (nSPS) is 10.3. The number of phenolic OH excluding ortho intramolecular Hbond substituents is 1. The van der Waals surface area contributed by atoms with E-state index in [2.05, 4.69) is 11.6 Å². The number of benzene rings is 1. The molecule has 0 bridgehead atoms. The van der Waals surface area contributed by atoms with Crippen LogP contribution < -0.4 is 5.73 Å². The average molecular weight is 232 g/mol. The Morgan fingerprint density at radius 2 is 2.12 bits per heavy atom. The highest BCUT2D eigenvalue weighted by Gasteiger charge is 2.12. The van der Waals surface area contributed by atoms with Gasteiger partial charge in [0.1, 0.15) is 10.8 Å². The first kappa shape index (κ1) is 10.7. The third-order valence-electron chi connectivity index (χ3n) is 2.24. The lowest BCUT2D eigenvalue weighted by Gasteiger charge is -1.98. The maximum Gasteiger partial charge on any atom is 0.128 e. The van der Waals surface area contributed by atoms with Crippen LogP contribution in [0.4, 0.5) is 0 Å². The number of aryl methyl sites for hydroxylation is 1. The molecule has 3 nitrogen and oxygen atoms in total. The highest BCUT2D eigenvalue weighted by molar-refractivity contribution is 7.15. The van der Waals surface area contributed by atoms with E-state index in [1.807, 2.05) is 19.1 Å². The summed E-state index contributed by atoms with van der Waals surface area (Å²) < 4.78 is 0. The van der Waals surface area contributed by atoms with Crippen molar-refractivity contribution in [3.8, 4) is 16.3 Å². The van der Waals surface area contributed by atoms with Gasteiger partial charge < -0.3 is 10.8 Å². The van der Waals surface area contributed by atoms with Crippen LogP contribution in [0.5, 0.6) is 5.75 Å². The van der Waals surface area contributed by atoms with Crippen molar-refractivity contribution in [2.75, 3.05) is 0 Å². The smallest absolute Gasteiger partial charge is 0.128 e. The molecule has 0 spiro atoms. The molecule has 0 aliphatic carbocycles. The number of para-hydroxylation sites is 1. The molecule has 2 aromatic rings. The second-order valence-electron chi connectivity index (χ2n) is 3.47. The number of aromatic nitrogens is 1. The zero-order chi connectivity index (χ0) is 11.7. The van der Waals surface area contributed by atoms with Crippen molar-refractivity contribution in [3.05, 3.63) is 41.4 Å². The summed E-state index contributed by atoms with van der Waals surface area (Å²) in [6.07, 6.45) is 0. The van der Waals surface area contributed by atoms with Crippen molar-refractivity contribution in [1.29, 1.82) is 0 Å². The predicted octanol–water partition coefficient (Wildman–Crippen LogP) is 2.75. The van der Waals surface area contributed by atoms with Crippen molar-refractivity contribution in [2.45, 2.75) is 6.92 Å². The quantitative estimate of drug-likeness (QED) is 0.837. The van der Waals surface area contributed by atoms with E-state index in [0.29, 0.717) is 11.4 Å². The molecule has 0 saturated heterocycles. The van der Waals surface area contributed by atoms with Crippen molar-refractivity contribution in [1.82, 2.24) is 4.98 Å². The molecule has 0 fully saturated rings. The molecule has 0 radical (unpaired) electrons. The fourth-order valence-electron chi connectivity index (χ4n) is 1.46. The zero-order valence-electron chi connectivity index (χ0n) is 8.90. The lowest BCUT2D eigenvalue weighted by atomic mass is 10.2. The minimum absolute atomic E-state index is 0.227. The van der Waals surface area contributed by atoms with E-state index in [0.717, 1.165) is 15.4 Å². The standard InChI is InChI=1S/C12H12N2OS/c1-7(13)11-8(2)16-12(14-11)9-5-3-4-6-10(9)15/h3-6,15H,1,13H2,2H3. The summed E-state index contributed by atoms with van der Waals surface area (Å²) in [6, 6.07) is 7.12. The van der Waals surface area contributed by atoms with Gasteiger partial charge in [0.15, 0.2) is 0 Å². The van der Waals surface area contributed by atoms with E-state index in [-0.39, 0.29) is 5.75 Å². The Bertz CT molecular complexity index is 546. The van der Waals surface area contributed by atoms with Gasteiger partial charge in [-0.05, 0) is 19.1 Å². The van der Waals surface area contributed by atoms with Crippen LogP contribution in [0.2, 0.25) is 0 Å². The maximum absolute atomic E-state index is 9.72. The van der Waals surface area contributed by atoms with Gasteiger partial charge in [-0.1, -0.05) is 18.7 Å². The Kier molecular flexibility index (Phi) is 2.66. The molecule has 0 saturated carbocycles. The van der Waals surface area contributed by atoms with E-state index in [9.17, 15) is 5.11 Å². The van der Waals surface area contributed by atoms with E-state index in [1.165, 1.54) is 11.3 Å². The maximum atomic E-state index is 9.72. The lowest BCUT2D eigenvalue weighted by molar-refractivity contribution is 0.477. The molecule has 1 aromatic heterocycles. The highest BCUT2D eigenvalue weighted by Crippen LogP contribution is 2.34. The van der Waals surface area contributed by atoms with Gasteiger partial charge in [-0.15, -0.1) is 11.3 Å². The van der Waals surface area contributed by atoms with Crippen molar-refractivity contribution in [2.24, 2.45) is 5.73 Å². The highest BCUT2D eigenvalue weighted by atomic mass is 32.1. The third-order valence-corrected chi connectivity index (χ3v) is 3.24. The molecule has 0 aliphatic rings. The number of nitrogens with zero attached hydrogens (tertiary/aromatic N) is 1. The first-order valence-corrected chi connectivity index (χ1v) is 5.62. The van der Waals surface area contributed by atoms with Gasteiger partial charge in [0.05, 0.1) is 17.0 Å². The summed E-state index contributed by atoms with van der Waals surface area (Å²) in [5, 5.41) is 10.5. The van der Waals surface area contributed by atoms with Gasteiger partial charge in [0, 0.05) is 4.88 Å². The molecule has 3 N–H and O–H groups in total. The Morgan fingerprint density at radius 3 is 2.69 bits per heavy atom.